The number of hydrogen-bond donors (Lipinski definition) is 2. The van der Waals surface area contributed by atoms with Gasteiger partial charge in [-0.3, -0.25) is 19.7 Å². The van der Waals surface area contributed by atoms with Crippen LogP contribution in [0.15, 0.2) is 59.4 Å². The summed E-state index contributed by atoms with van der Waals surface area (Å²) in [5, 5.41) is 3.17. The molecule has 3 aromatic rings. The number of aromatic nitrogens is 1. The second-order valence-corrected chi connectivity index (χ2v) is 5.53. The van der Waals surface area contributed by atoms with Crippen LogP contribution in [-0.2, 0) is 4.79 Å². The third kappa shape index (κ3) is 2.23. The summed E-state index contributed by atoms with van der Waals surface area (Å²) in [6, 6.07) is 16.0. The quantitative estimate of drug-likeness (QED) is 0.534. The van der Waals surface area contributed by atoms with Crippen LogP contribution in [0.2, 0.25) is 0 Å². The van der Waals surface area contributed by atoms with Gasteiger partial charge in [0.05, 0.1) is 0 Å². The smallest absolute Gasteiger partial charge is 0.258 e. The fourth-order valence-electron chi connectivity index (χ4n) is 2.85. The molecule has 1 aliphatic rings. The van der Waals surface area contributed by atoms with E-state index in [2.05, 4.69) is 10.3 Å². The number of carbonyl (C=O) groups is 2. The number of nitrogens with one attached hydrogen (secondary N) is 2. The second-order valence-electron chi connectivity index (χ2n) is 5.53. The van der Waals surface area contributed by atoms with E-state index in [9.17, 15) is 14.4 Å². The first kappa shape index (κ1) is 14.1. The lowest BCUT2D eigenvalue weighted by Crippen LogP contribution is -2.36. The third-order valence-electron chi connectivity index (χ3n) is 4.02. The van der Waals surface area contributed by atoms with Crippen LogP contribution in [0.5, 0.6) is 0 Å². The summed E-state index contributed by atoms with van der Waals surface area (Å²) in [6.45, 7) is 0. The molecule has 0 unspecified atom stereocenters. The minimum absolute atomic E-state index is 0.289. The molecule has 2 amide bonds. The first-order valence-electron chi connectivity index (χ1n) is 7.42. The van der Waals surface area contributed by atoms with Crippen molar-refractivity contribution < 1.29 is 9.59 Å². The molecule has 116 valence electrons. The van der Waals surface area contributed by atoms with Gasteiger partial charge in [-0.2, -0.15) is 0 Å². The molecule has 2 heterocycles. The first-order chi connectivity index (χ1) is 11.6. The molecular formula is C19H12N2O3. The summed E-state index contributed by atoms with van der Waals surface area (Å²) >= 11 is 0. The van der Waals surface area contributed by atoms with Crippen molar-refractivity contribution in [1.82, 2.24) is 10.3 Å². The molecule has 0 radical (unpaired) electrons. The molecule has 1 aliphatic heterocycles. The van der Waals surface area contributed by atoms with Gasteiger partial charge in [-0.1, -0.05) is 36.4 Å². The van der Waals surface area contributed by atoms with Crippen molar-refractivity contribution in [3.8, 4) is 0 Å². The molecule has 24 heavy (non-hydrogen) atoms. The Labute approximate surface area is 136 Å². The van der Waals surface area contributed by atoms with Crippen molar-refractivity contribution in [2.24, 2.45) is 0 Å². The number of aromatic amines is 1. The number of rotatable bonds is 1. The number of carbonyl (C=O) groups excluding carboxylic acids is 2. The van der Waals surface area contributed by atoms with E-state index in [-0.39, 0.29) is 5.56 Å². The number of para-hydroxylation sites is 1. The van der Waals surface area contributed by atoms with Crippen molar-refractivity contribution >= 4 is 34.4 Å². The van der Waals surface area contributed by atoms with E-state index in [1.165, 1.54) is 6.08 Å². The number of amides is 2. The van der Waals surface area contributed by atoms with Gasteiger partial charge in [0.25, 0.3) is 17.4 Å². The van der Waals surface area contributed by atoms with Gasteiger partial charge in [-0.05, 0) is 35.2 Å². The van der Waals surface area contributed by atoms with Gasteiger partial charge in [0.15, 0.2) is 0 Å². The van der Waals surface area contributed by atoms with Gasteiger partial charge >= 0.3 is 0 Å². The maximum atomic E-state index is 12.3. The number of H-pyrrole nitrogens is 1. The van der Waals surface area contributed by atoms with Crippen molar-refractivity contribution in [1.29, 1.82) is 0 Å². The maximum Gasteiger partial charge on any atom is 0.258 e. The van der Waals surface area contributed by atoms with Gasteiger partial charge in [0.2, 0.25) is 0 Å². The van der Waals surface area contributed by atoms with Crippen LogP contribution in [0.1, 0.15) is 21.5 Å². The number of imide groups is 1. The monoisotopic (exact) mass is 316 g/mol. The SMILES string of the molecule is O=C1NC(=O)c2ccccc2/C1=C/c1cc2ccccc2[nH]c1=O. The summed E-state index contributed by atoms with van der Waals surface area (Å²) in [5.41, 5.74) is 2.05. The predicted molar refractivity (Wildman–Crippen MR) is 91.4 cm³/mol. The summed E-state index contributed by atoms with van der Waals surface area (Å²) in [6.07, 6.45) is 1.52. The minimum Gasteiger partial charge on any atom is -0.321 e. The van der Waals surface area contributed by atoms with Crippen LogP contribution in [0.25, 0.3) is 22.6 Å². The lowest BCUT2D eigenvalue weighted by molar-refractivity contribution is -0.114. The Morgan fingerprint density at radius 3 is 2.33 bits per heavy atom. The number of benzene rings is 2. The van der Waals surface area contributed by atoms with Crippen LogP contribution in [0, 0.1) is 0 Å². The lowest BCUT2D eigenvalue weighted by Gasteiger charge is -2.17. The van der Waals surface area contributed by atoms with E-state index in [0.717, 1.165) is 10.9 Å². The van der Waals surface area contributed by atoms with Crippen LogP contribution >= 0.6 is 0 Å². The normalized spacial score (nSPS) is 15.4. The van der Waals surface area contributed by atoms with Crippen LogP contribution in [0.3, 0.4) is 0 Å². The minimum atomic E-state index is -0.508. The number of fused-ring (bicyclic) bond motifs is 2. The summed E-state index contributed by atoms with van der Waals surface area (Å²) < 4.78 is 0. The molecule has 0 bridgehead atoms. The highest BCUT2D eigenvalue weighted by Crippen LogP contribution is 2.25. The standard InChI is InChI=1S/C19H12N2O3/c22-17-12(9-11-5-1-4-8-16(11)20-17)10-15-13-6-2-3-7-14(13)18(23)21-19(15)24/h1-10H,(H,20,22)(H,21,23,24)/b15-10-. The highest BCUT2D eigenvalue weighted by molar-refractivity contribution is 6.33. The predicted octanol–water partition coefficient (Wildman–Crippen LogP) is 2.34. The fourth-order valence-corrected chi connectivity index (χ4v) is 2.85. The Morgan fingerprint density at radius 2 is 1.50 bits per heavy atom. The van der Waals surface area contributed by atoms with Crippen molar-refractivity contribution in [3.05, 3.63) is 81.6 Å². The third-order valence-corrected chi connectivity index (χ3v) is 4.02. The Morgan fingerprint density at radius 1 is 0.792 bits per heavy atom. The molecule has 5 nitrogen and oxygen atoms in total. The highest BCUT2D eigenvalue weighted by atomic mass is 16.2. The van der Waals surface area contributed by atoms with E-state index >= 15 is 0 Å². The molecule has 0 spiro atoms. The van der Waals surface area contributed by atoms with Gasteiger partial charge in [-0.25, -0.2) is 0 Å². The van der Waals surface area contributed by atoms with E-state index in [0.29, 0.717) is 22.3 Å². The fraction of sp³-hybridized carbons (Fsp3) is 0. The lowest BCUT2D eigenvalue weighted by atomic mass is 9.93. The van der Waals surface area contributed by atoms with Crippen molar-refractivity contribution in [2.75, 3.05) is 0 Å². The van der Waals surface area contributed by atoms with Crippen LogP contribution in [0.4, 0.5) is 0 Å². The van der Waals surface area contributed by atoms with E-state index in [1.54, 1.807) is 30.3 Å². The second kappa shape index (κ2) is 5.31. The maximum absolute atomic E-state index is 12.3. The zero-order valence-electron chi connectivity index (χ0n) is 12.5. The molecule has 2 aromatic carbocycles. The molecule has 1 aromatic heterocycles. The molecular weight excluding hydrogens is 304 g/mol. The van der Waals surface area contributed by atoms with Crippen molar-refractivity contribution in [2.45, 2.75) is 0 Å². The summed E-state index contributed by atoms with van der Waals surface area (Å²) in [5.74, 6) is -0.938. The van der Waals surface area contributed by atoms with Crippen LogP contribution in [-0.4, -0.2) is 16.8 Å². The van der Waals surface area contributed by atoms with Crippen molar-refractivity contribution in [3.63, 3.8) is 0 Å². The Balaban J connectivity index is 1.94. The highest BCUT2D eigenvalue weighted by Gasteiger charge is 2.26. The molecule has 5 heteroatoms. The van der Waals surface area contributed by atoms with Gasteiger partial charge in [-0.15, -0.1) is 0 Å². The van der Waals surface area contributed by atoms with E-state index < -0.39 is 11.8 Å². The van der Waals surface area contributed by atoms with E-state index in [4.69, 9.17) is 0 Å². The number of hydrogen-bond acceptors (Lipinski definition) is 3. The average Bonchev–Trinajstić information content (AvgIpc) is 2.59. The zero-order valence-corrected chi connectivity index (χ0v) is 12.5. The summed E-state index contributed by atoms with van der Waals surface area (Å²) in [7, 11) is 0. The molecule has 2 N–H and O–H groups in total. The molecule has 4 rings (SSSR count). The molecule has 0 aliphatic carbocycles. The topological polar surface area (TPSA) is 79.0 Å². The molecule has 0 atom stereocenters. The van der Waals surface area contributed by atoms with Gasteiger partial charge in [0, 0.05) is 22.2 Å². The van der Waals surface area contributed by atoms with Gasteiger partial charge < -0.3 is 4.98 Å². The Bertz CT molecular complexity index is 1090. The largest absolute Gasteiger partial charge is 0.321 e. The molecule has 0 fully saturated rings. The Kier molecular flexibility index (Phi) is 3.13. The van der Waals surface area contributed by atoms with Gasteiger partial charge in [0.1, 0.15) is 0 Å². The number of pyridine rings is 1. The zero-order chi connectivity index (χ0) is 16.7. The summed E-state index contributed by atoms with van der Waals surface area (Å²) in [4.78, 5) is 39.2. The van der Waals surface area contributed by atoms with E-state index in [1.807, 2.05) is 24.3 Å². The Hall–Kier alpha value is -3.47. The van der Waals surface area contributed by atoms with Crippen LogP contribution < -0.4 is 10.9 Å². The average molecular weight is 316 g/mol. The first-order valence-corrected chi connectivity index (χ1v) is 7.42. The molecule has 0 saturated carbocycles. The molecule has 0 saturated heterocycles.